The molecule has 0 aliphatic heterocycles. The molecule has 5 nitrogen and oxygen atoms in total. The zero-order chi connectivity index (χ0) is 20.5. The van der Waals surface area contributed by atoms with Gasteiger partial charge in [-0.25, -0.2) is 0 Å². The maximum Gasteiger partial charge on any atom is 0.387 e. The Morgan fingerprint density at radius 1 is 0.929 bits per heavy atom. The molecule has 28 heavy (non-hydrogen) atoms. The van der Waals surface area contributed by atoms with Crippen LogP contribution >= 0.6 is 0 Å². The van der Waals surface area contributed by atoms with Crippen molar-refractivity contribution >= 4 is 5.96 Å². The van der Waals surface area contributed by atoms with Crippen LogP contribution in [0.15, 0.2) is 53.5 Å². The van der Waals surface area contributed by atoms with Crippen molar-refractivity contribution in [3.05, 3.63) is 65.2 Å². The minimum Gasteiger partial charge on any atom is -0.435 e. The summed E-state index contributed by atoms with van der Waals surface area (Å²) < 4.78 is 28.8. The third-order valence-corrected chi connectivity index (χ3v) is 4.11. The quantitative estimate of drug-likeness (QED) is 0.553. The van der Waals surface area contributed by atoms with Crippen LogP contribution < -0.4 is 10.1 Å². The molecule has 7 heteroatoms. The summed E-state index contributed by atoms with van der Waals surface area (Å²) in [7, 11) is 7.76. The van der Waals surface area contributed by atoms with Gasteiger partial charge < -0.3 is 19.9 Å². The molecule has 0 aromatic heterocycles. The lowest BCUT2D eigenvalue weighted by molar-refractivity contribution is -0.0498. The van der Waals surface area contributed by atoms with E-state index in [-0.39, 0.29) is 5.75 Å². The van der Waals surface area contributed by atoms with Gasteiger partial charge in [0.25, 0.3) is 0 Å². The van der Waals surface area contributed by atoms with Gasteiger partial charge in [0.05, 0.1) is 0 Å². The van der Waals surface area contributed by atoms with E-state index >= 15 is 0 Å². The van der Waals surface area contributed by atoms with Gasteiger partial charge in [-0.05, 0) is 42.9 Å². The molecular weight excluding hydrogens is 362 g/mol. The molecule has 0 amide bonds. The van der Waals surface area contributed by atoms with Crippen molar-refractivity contribution in [2.45, 2.75) is 26.2 Å². The van der Waals surface area contributed by atoms with Crippen LogP contribution in [0, 0.1) is 0 Å². The van der Waals surface area contributed by atoms with Crippen molar-refractivity contribution in [1.82, 2.24) is 15.1 Å². The standard InChI is InChI=1S/C21H28F2N4O/c1-24-21(25-13-16-5-7-17(8-6-16)14-26(2)3)27(4)15-18-9-11-19(12-10-18)28-20(22)23/h5-12,20H,13-15H2,1-4H3,(H,24,25). The Bertz CT molecular complexity index is 746. The molecule has 1 N–H and O–H groups in total. The highest BCUT2D eigenvalue weighted by molar-refractivity contribution is 5.79. The van der Waals surface area contributed by atoms with Crippen LogP contribution in [0.5, 0.6) is 5.75 Å². The Hall–Kier alpha value is -2.67. The molecule has 0 saturated heterocycles. The van der Waals surface area contributed by atoms with Gasteiger partial charge >= 0.3 is 6.61 Å². The van der Waals surface area contributed by atoms with Gasteiger partial charge in [-0.3, -0.25) is 4.99 Å². The zero-order valence-electron chi connectivity index (χ0n) is 16.8. The molecule has 0 aliphatic rings. The van der Waals surface area contributed by atoms with E-state index in [4.69, 9.17) is 0 Å². The van der Waals surface area contributed by atoms with Gasteiger partial charge in [0.2, 0.25) is 0 Å². The predicted octanol–water partition coefficient (Wildman–Crippen LogP) is 3.56. The summed E-state index contributed by atoms with van der Waals surface area (Å²) in [5.74, 6) is 0.909. The second-order valence-electron chi connectivity index (χ2n) is 6.83. The molecule has 0 radical (unpaired) electrons. The number of nitrogens with one attached hydrogen (secondary N) is 1. The second kappa shape index (κ2) is 10.6. The van der Waals surface area contributed by atoms with Gasteiger partial charge in [-0.15, -0.1) is 0 Å². The molecule has 2 rings (SSSR count). The van der Waals surface area contributed by atoms with E-state index in [1.807, 2.05) is 11.9 Å². The van der Waals surface area contributed by atoms with Gasteiger partial charge in [-0.1, -0.05) is 36.4 Å². The smallest absolute Gasteiger partial charge is 0.387 e. The lowest BCUT2D eigenvalue weighted by atomic mass is 10.1. The summed E-state index contributed by atoms with van der Waals surface area (Å²) in [6.07, 6.45) is 0. The van der Waals surface area contributed by atoms with E-state index in [2.05, 4.69) is 58.3 Å². The van der Waals surface area contributed by atoms with E-state index in [1.165, 1.54) is 11.1 Å². The van der Waals surface area contributed by atoms with Crippen LogP contribution in [0.1, 0.15) is 16.7 Å². The van der Waals surface area contributed by atoms with Crippen molar-refractivity contribution in [2.24, 2.45) is 4.99 Å². The highest BCUT2D eigenvalue weighted by Gasteiger charge is 2.08. The van der Waals surface area contributed by atoms with Crippen molar-refractivity contribution in [3.8, 4) is 5.75 Å². The first-order valence-corrected chi connectivity index (χ1v) is 9.05. The van der Waals surface area contributed by atoms with Crippen LogP contribution in [0.2, 0.25) is 0 Å². The van der Waals surface area contributed by atoms with Gasteiger partial charge in [-0.2, -0.15) is 8.78 Å². The first-order valence-electron chi connectivity index (χ1n) is 9.05. The first kappa shape index (κ1) is 21.6. The minimum absolute atomic E-state index is 0.154. The van der Waals surface area contributed by atoms with E-state index in [0.717, 1.165) is 18.1 Å². The van der Waals surface area contributed by atoms with E-state index in [0.29, 0.717) is 13.1 Å². The molecule has 0 spiro atoms. The number of nitrogens with zero attached hydrogens (tertiary/aromatic N) is 3. The Morgan fingerprint density at radius 3 is 2.00 bits per heavy atom. The maximum atomic E-state index is 12.2. The molecule has 0 aliphatic carbocycles. The lowest BCUT2D eigenvalue weighted by Gasteiger charge is -2.22. The number of rotatable bonds is 8. The number of hydrogen-bond donors (Lipinski definition) is 1. The molecule has 2 aromatic rings. The molecular formula is C21H28F2N4O. The number of alkyl halides is 2. The molecule has 0 saturated carbocycles. The topological polar surface area (TPSA) is 40.1 Å². The number of benzene rings is 2. The normalized spacial score (nSPS) is 11.8. The highest BCUT2D eigenvalue weighted by atomic mass is 19.3. The summed E-state index contributed by atoms with van der Waals surface area (Å²) >= 11 is 0. The van der Waals surface area contributed by atoms with Crippen LogP contribution in [0.3, 0.4) is 0 Å². The average Bonchev–Trinajstić information content (AvgIpc) is 2.64. The summed E-state index contributed by atoms with van der Waals surface area (Å²) in [5, 5.41) is 3.35. The van der Waals surface area contributed by atoms with E-state index in [9.17, 15) is 8.78 Å². The number of guanidine groups is 1. The molecule has 2 aromatic carbocycles. The number of halogens is 2. The molecule has 0 atom stereocenters. The second-order valence-corrected chi connectivity index (χ2v) is 6.83. The summed E-state index contributed by atoms with van der Waals surface area (Å²) in [6.45, 7) is -0.635. The fourth-order valence-corrected chi connectivity index (χ4v) is 2.82. The lowest BCUT2D eigenvalue weighted by Crippen LogP contribution is -2.38. The van der Waals surface area contributed by atoms with Gasteiger partial charge in [0.1, 0.15) is 5.75 Å². The first-order chi connectivity index (χ1) is 13.4. The molecule has 0 bridgehead atoms. The Balaban J connectivity index is 1.88. The van der Waals surface area contributed by atoms with E-state index in [1.54, 1.807) is 31.3 Å². The number of hydrogen-bond acceptors (Lipinski definition) is 3. The molecule has 0 unspecified atom stereocenters. The SMILES string of the molecule is CN=C(NCc1ccc(CN(C)C)cc1)N(C)Cc1ccc(OC(F)F)cc1. The van der Waals surface area contributed by atoms with Crippen LogP contribution in [0.25, 0.3) is 0 Å². The average molecular weight is 390 g/mol. The number of ether oxygens (including phenoxy) is 1. The Kier molecular flexibility index (Phi) is 8.19. The van der Waals surface area contributed by atoms with Gasteiger partial charge in [0, 0.05) is 33.7 Å². The highest BCUT2D eigenvalue weighted by Crippen LogP contribution is 2.16. The molecule has 152 valence electrons. The van der Waals surface area contributed by atoms with E-state index < -0.39 is 6.61 Å². The monoisotopic (exact) mass is 390 g/mol. The van der Waals surface area contributed by atoms with Crippen LogP contribution in [-0.4, -0.2) is 50.6 Å². The fraction of sp³-hybridized carbons (Fsp3) is 0.381. The zero-order valence-corrected chi connectivity index (χ0v) is 16.8. The predicted molar refractivity (Wildman–Crippen MR) is 109 cm³/mol. The summed E-state index contributed by atoms with van der Waals surface area (Å²) in [6, 6.07) is 15.1. The Morgan fingerprint density at radius 2 is 1.46 bits per heavy atom. The van der Waals surface area contributed by atoms with Crippen molar-refractivity contribution in [1.29, 1.82) is 0 Å². The summed E-state index contributed by atoms with van der Waals surface area (Å²) in [5.41, 5.74) is 3.42. The van der Waals surface area contributed by atoms with Crippen LogP contribution in [-0.2, 0) is 19.6 Å². The molecule has 0 fully saturated rings. The maximum absolute atomic E-state index is 12.2. The third-order valence-electron chi connectivity index (χ3n) is 4.11. The fourth-order valence-electron chi connectivity index (χ4n) is 2.82. The third kappa shape index (κ3) is 7.15. The van der Waals surface area contributed by atoms with Crippen LogP contribution in [0.4, 0.5) is 8.78 Å². The molecule has 0 heterocycles. The largest absolute Gasteiger partial charge is 0.435 e. The minimum atomic E-state index is -2.81. The van der Waals surface area contributed by atoms with Crippen molar-refractivity contribution in [3.63, 3.8) is 0 Å². The van der Waals surface area contributed by atoms with Gasteiger partial charge in [0.15, 0.2) is 5.96 Å². The van der Waals surface area contributed by atoms with Crippen molar-refractivity contribution in [2.75, 3.05) is 28.2 Å². The number of aliphatic imine (C=N–C) groups is 1. The summed E-state index contributed by atoms with van der Waals surface area (Å²) in [4.78, 5) is 8.42. The van der Waals surface area contributed by atoms with Crippen molar-refractivity contribution < 1.29 is 13.5 Å². The Labute approximate surface area is 165 Å².